The number of aromatic nitrogens is 2. The van der Waals surface area contributed by atoms with Gasteiger partial charge in [-0.15, -0.1) is 11.3 Å². The average molecular weight is 378 g/mol. The molecule has 134 valence electrons. The molecule has 0 aromatic carbocycles. The Bertz CT molecular complexity index is 838. The van der Waals surface area contributed by atoms with Crippen molar-refractivity contribution in [1.82, 2.24) is 14.9 Å². The topological polar surface area (TPSA) is 64.0 Å². The quantitative estimate of drug-likeness (QED) is 0.455. The van der Waals surface area contributed by atoms with Crippen LogP contribution in [0.5, 0.6) is 0 Å². The molecule has 0 aliphatic heterocycles. The van der Waals surface area contributed by atoms with Crippen molar-refractivity contribution >= 4 is 39.2 Å². The highest BCUT2D eigenvalue weighted by molar-refractivity contribution is 7.99. The first-order chi connectivity index (χ1) is 12.2. The van der Waals surface area contributed by atoms with Crippen LogP contribution in [-0.2, 0) is 11.3 Å². The molecule has 1 amide bonds. The fourth-order valence-electron chi connectivity index (χ4n) is 2.99. The predicted octanol–water partition coefficient (Wildman–Crippen LogP) is 3.58. The first kappa shape index (κ1) is 18.2. The molecule has 0 fully saturated rings. The third-order valence-corrected chi connectivity index (χ3v) is 6.20. The van der Waals surface area contributed by atoms with Crippen LogP contribution in [-0.4, -0.2) is 27.8 Å². The number of carbonyl (C=O) groups is 1. The van der Waals surface area contributed by atoms with E-state index in [0.717, 1.165) is 12.8 Å². The molecule has 0 radical (unpaired) electrons. The summed E-state index contributed by atoms with van der Waals surface area (Å²) in [6.45, 7) is 3.16. The van der Waals surface area contributed by atoms with Crippen molar-refractivity contribution in [2.45, 2.75) is 50.7 Å². The Kier molecular flexibility index (Phi) is 6.31. The highest BCUT2D eigenvalue weighted by Gasteiger charge is 2.13. The van der Waals surface area contributed by atoms with E-state index in [1.54, 1.807) is 4.57 Å². The smallest absolute Gasteiger partial charge is 0.272 e. The maximum atomic E-state index is 12.4. The van der Waals surface area contributed by atoms with E-state index in [0.29, 0.717) is 28.5 Å². The summed E-state index contributed by atoms with van der Waals surface area (Å²) in [6.07, 6.45) is 8.13. The lowest BCUT2D eigenvalue weighted by Gasteiger charge is -2.13. The molecular formula is C18H23N3O2S2. The summed E-state index contributed by atoms with van der Waals surface area (Å²) in [5, 5.41) is 5.46. The van der Waals surface area contributed by atoms with E-state index in [1.807, 2.05) is 18.4 Å². The minimum atomic E-state index is -0.0188. The van der Waals surface area contributed by atoms with Gasteiger partial charge in [0.25, 0.3) is 5.56 Å². The second-order valence-corrected chi connectivity index (χ2v) is 7.93. The van der Waals surface area contributed by atoms with Gasteiger partial charge in [-0.25, -0.2) is 4.98 Å². The Morgan fingerprint density at radius 1 is 1.44 bits per heavy atom. The highest BCUT2D eigenvalue weighted by atomic mass is 32.2. The van der Waals surface area contributed by atoms with Crippen LogP contribution in [0, 0.1) is 0 Å². The van der Waals surface area contributed by atoms with Crippen molar-refractivity contribution in [2.75, 3.05) is 12.3 Å². The van der Waals surface area contributed by atoms with Gasteiger partial charge in [0.1, 0.15) is 4.70 Å². The van der Waals surface area contributed by atoms with Gasteiger partial charge in [-0.3, -0.25) is 14.2 Å². The van der Waals surface area contributed by atoms with Gasteiger partial charge in [0, 0.05) is 13.1 Å². The van der Waals surface area contributed by atoms with E-state index in [9.17, 15) is 9.59 Å². The number of allylic oxidation sites excluding steroid dienone is 1. The van der Waals surface area contributed by atoms with Crippen LogP contribution >= 0.6 is 23.1 Å². The second kappa shape index (κ2) is 8.67. The largest absolute Gasteiger partial charge is 0.355 e. The van der Waals surface area contributed by atoms with Crippen LogP contribution in [0.2, 0.25) is 0 Å². The number of amides is 1. The summed E-state index contributed by atoms with van der Waals surface area (Å²) in [6, 6.07) is 1.85. The first-order valence-corrected chi connectivity index (χ1v) is 10.6. The number of hydrogen-bond donors (Lipinski definition) is 1. The van der Waals surface area contributed by atoms with Gasteiger partial charge in [0.15, 0.2) is 5.16 Å². The van der Waals surface area contributed by atoms with Gasteiger partial charge in [-0.05, 0) is 50.5 Å². The summed E-state index contributed by atoms with van der Waals surface area (Å²) < 4.78 is 2.32. The number of carbonyl (C=O) groups excluding carboxylic acids is 1. The fourth-order valence-corrected chi connectivity index (χ4v) is 4.66. The molecule has 0 saturated carbocycles. The van der Waals surface area contributed by atoms with Crippen molar-refractivity contribution in [1.29, 1.82) is 0 Å². The van der Waals surface area contributed by atoms with Crippen LogP contribution in [0.1, 0.15) is 39.0 Å². The number of thioether (sulfide) groups is 1. The molecule has 1 aliphatic carbocycles. The zero-order valence-electron chi connectivity index (χ0n) is 14.4. The van der Waals surface area contributed by atoms with Crippen LogP contribution in [0.3, 0.4) is 0 Å². The number of hydrogen-bond acceptors (Lipinski definition) is 5. The summed E-state index contributed by atoms with van der Waals surface area (Å²) in [5.41, 5.74) is 2.16. The van der Waals surface area contributed by atoms with Crippen molar-refractivity contribution in [3.05, 3.63) is 33.4 Å². The molecule has 0 spiro atoms. The van der Waals surface area contributed by atoms with Crippen molar-refractivity contribution in [2.24, 2.45) is 0 Å². The molecule has 7 heteroatoms. The third kappa shape index (κ3) is 4.52. The Morgan fingerprint density at radius 2 is 2.32 bits per heavy atom. The van der Waals surface area contributed by atoms with E-state index in [2.05, 4.69) is 16.4 Å². The molecule has 2 heterocycles. The van der Waals surface area contributed by atoms with E-state index < -0.39 is 0 Å². The fraction of sp³-hybridized carbons (Fsp3) is 0.500. The second-order valence-electron chi connectivity index (χ2n) is 6.08. The molecule has 0 bridgehead atoms. The summed E-state index contributed by atoms with van der Waals surface area (Å²) in [5.74, 6) is 0.268. The lowest BCUT2D eigenvalue weighted by Crippen LogP contribution is -2.27. The Morgan fingerprint density at radius 3 is 3.08 bits per heavy atom. The average Bonchev–Trinajstić information content (AvgIpc) is 3.10. The van der Waals surface area contributed by atoms with Crippen LogP contribution in [0.4, 0.5) is 0 Å². The molecule has 3 rings (SSSR count). The zero-order valence-corrected chi connectivity index (χ0v) is 16.0. The zero-order chi connectivity index (χ0) is 17.6. The number of nitrogens with one attached hydrogen (secondary N) is 1. The van der Waals surface area contributed by atoms with Crippen LogP contribution in [0.25, 0.3) is 10.2 Å². The lowest BCUT2D eigenvalue weighted by molar-refractivity contribution is -0.118. The Labute approximate surface area is 155 Å². The van der Waals surface area contributed by atoms with Crippen molar-refractivity contribution in [3.8, 4) is 0 Å². The molecular weight excluding hydrogens is 354 g/mol. The maximum absolute atomic E-state index is 12.4. The standard InChI is InChI=1S/C18H23N3O2S2/c1-2-21-17(23)16-14(9-11-24-16)20-18(21)25-12-15(22)19-10-8-13-6-4-3-5-7-13/h6,9,11H,2-5,7-8,10,12H2,1H3,(H,19,22). The van der Waals surface area contributed by atoms with Gasteiger partial charge in [-0.2, -0.15) is 0 Å². The third-order valence-electron chi connectivity index (χ3n) is 4.33. The van der Waals surface area contributed by atoms with Gasteiger partial charge in [0.05, 0.1) is 11.3 Å². The van der Waals surface area contributed by atoms with Gasteiger partial charge < -0.3 is 5.32 Å². The summed E-state index contributed by atoms with van der Waals surface area (Å²) in [4.78, 5) is 29.1. The van der Waals surface area contributed by atoms with Crippen LogP contribution in [0.15, 0.2) is 33.0 Å². The molecule has 1 N–H and O–H groups in total. The van der Waals surface area contributed by atoms with E-state index in [1.165, 1.54) is 47.9 Å². The molecule has 1 aliphatic rings. The number of fused-ring (bicyclic) bond motifs is 1. The molecule has 0 saturated heterocycles. The van der Waals surface area contributed by atoms with Crippen LogP contribution < -0.4 is 10.9 Å². The number of nitrogens with zero attached hydrogens (tertiary/aromatic N) is 2. The van der Waals surface area contributed by atoms with Crippen molar-refractivity contribution in [3.63, 3.8) is 0 Å². The number of rotatable bonds is 7. The SMILES string of the molecule is CCn1c(SCC(=O)NCCC2=CCCCC2)nc2ccsc2c1=O. The summed E-state index contributed by atoms with van der Waals surface area (Å²) in [7, 11) is 0. The Hall–Kier alpha value is -1.60. The monoisotopic (exact) mass is 377 g/mol. The summed E-state index contributed by atoms with van der Waals surface area (Å²) >= 11 is 2.74. The van der Waals surface area contributed by atoms with Gasteiger partial charge >= 0.3 is 0 Å². The van der Waals surface area contributed by atoms with E-state index in [4.69, 9.17) is 0 Å². The molecule has 5 nitrogen and oxygen atoms in total. The minimum Gasteiger partial charge on any atom is -0.355 e. The van der Waals surface area contributed by atoms with Gasteiger partial charge in [-0.1, -0.05) is 23.4 Å². The van der Waals surface area contributed by atoms with Crippen molar-refractivity contribution < 1.29 is 4.79 Å². The van der Waals surface area contributed by atoms with E-state index >= 15 is 0 Å². The maximum Gasteiger partial charge on any atom is 0.272 e. The molecule has 25 heavy (non-hydrogen) atoms. The normalized spacial score (nSPS) is 14.5. The van der Waals surface area contributed by atoms with E-state index in [-0.39, 0.29) is 17.2 Å². The first-order valence-electron chi connectivity index (χ1n) is 8.74. The minimum absolute atomic E-state index is 0.0104. The number of thiophene rings is 1. The molecule has 2 aromatic heterocycles. The highest BCUT2D eigenvalue weighted by Crippen LogP contribution is 2.21. The predicted molar refractivity (Wildman–Crippen MR) is 104 cm³/mol. The molecule has 0 atom stereocenters. The molecule has 2 aromatic rings. The Balaban J connectivity index is 1.55. The lowest BCUT2D eigenvalue weighted by atomic mass is 9.97. The van der Waals surface area contributed by atoms with Gasteiger partial charge in [0.2, 0.25) is 5.91 Å². The molecule has 0 unspecified atom stereocenters.